The summed E-state index contributed by atoms with van der Waals surface area (Å²) in [5.74, 6) is -2.00. The number of imide groups is 1. The monoisotopic (exact) mass is 422 g/mol. The number of hydrogen-bond donors (Lipinski definition) is 1. The molecule has 2 atom stereocenters. The Morgan fingerprint density at radius 1 is 0.903 bits per heavy atom. The number of ether oxygens (including phenoxy) is 1. The number of carbonyl (C=O) groups excluding carboxylic acids is 4. The van der Waals surface area contributed by atoms with Gasteiger partial charge in [-0.3, -0.25) is 19.3 Å². The quantitative estimate of drug-likeness (QED) is 0.521. The molecule has 0 saturated carbocycles. The summed E-state index contributed by atoms with van der Waals surface area (Å²) in [6.07, 6.45) is 0.731. The lowest BCUT2D eigenvalue weighted by Gasteiger charge is -2.23. The fourth-order valence-electron chi connectivity index (χ4n) is 3.59. The zero-order valence-corrected chi connectivity index (χ0v) is 17.8. The smallest absolute Gasteiger partial charge is 0.329 e. The third kappa shape index (κ3) is 4.99. The highest BCUT2D eigenvalue weighted by Gasteiger charge is 2.41. The van der Waals surface area contributed by atoms with E-state index in [1.807, 2.05) is 30.3 Å². The van der Waals surface area contributed by atoms with E-state index in [9.17, 15) is 19.2 Å². The molecule has 0 bridgehead atoms. The van der Waals surface area contributed by atoms with Gasteiger partial charge in [0.2, 0.25) is 0 Å². The van der Waals surface area contributed by atoms with Crippen LogP contribution in [-0.4, -0.2) is 41.2 Å². The summed E-state index contributed by atoms with van der Waals surface area (Å²) in [6.45, 7) is 5.04. The van der Waals surface area contributed by atoms with Crippen molar-refractivity contribution in [2.75, 3.05) is 6.61 Å². The maximum Gasteiger partial charge on any atom is 0.329 e. The van der Waals surface area contributed by atoms with Crippen LogP contribution in [-0.2, 0) is 14.3 Å². The number of nitrogens with zero attached hydrogens (tertiary/aromatic N) is 1. The zero-order chi connectivity index (χ0) is 22.5. The highest BCUT2D eigenvalue weighted by Crippen LogP contribution is 2.25. The van der Waals surface area contributed by atoms with Crippen LogP contribution in [0.1, 0.15) is 59.5 Å². The number of esters is 1. The predicted octanol–water partition coefficient (Wildman–Crippen LogP) is 3.12. The maximum absolute atomic E-state index is 12.5. The first kappa shape index (κ1) is 22.2. The number of fused-ring (bicyclic) bond motifs is 1. The Morgan fingerprint density at radius 3 is 2.00 bits per heavy atom. The number of amides is 3. The second kappa shape index (κ2) is 9.55. The topological polar surface area (TPSA) is 92.8 Å². The van der Waals surface area contributed by atoms with E-state index in [1.54, 1.807) is 24.3 Å². The molecule has 7 nitrogen and oxygen atoms in total. The molecule has 0 saturated heterocycles. The van der Waals surface area contributed by atoms with Crippen molar-refractivity contribution in [3.63, 3.8) is 0 Å². The van der Waals surface area contributed by atoms with Gasteiger partial charge in [0.25, 0.3) is 17.7 Å². The summed E-state index contributed by atoms with van der Waals surface area (Å²) in [5, 5.41) is 2.90. The summed E-state index contributed by atoms with van der Waals surface area (Å²) in [7, 11) is 0. The molecule has 2 aromatic carbocycles. The molecule has 7 heteroatoms. The summed E-state index contributed by atoms with van der Waals surface area (Å²) in [6, 6.07) is 14.6. The van der Waals surface area contributed by atoms with Crippen LogP contribution >= 0.6 is 0 Å². The first-order chi connectivity index (χ1) is 14.8. The van der Waals surface area contributed by atoms with E-state index in [-0.39, 0.29) is 17.2 Å². The van der Waals surface area contributed by atoms with Crippen LogP contribution in [0.3, 0.4) is 0 Å². The van der Waals surface area contributed by atoms with Crippen molar-refractivity contribution < 1.29 is 23.9 Å². The minimum absolute atomic E-state index is 0.207. The molecular formula is C24H26N2O5. The summed E-state index contributed by atoms with van der Waals surface area (Å²) in [5.41, 5.74) is 1.48. The largest absolute Gasteiger partial charge is 0.454 e. The number of nitrogens with one attached hydrogen (secondary N) is 1. The Balaban J connectivity index is 1.59. The van der Waals surface area contributed by atoms with Crippen LogP contribution in [0.4, 0.5) is 0 Å². The molecule has 31 heavy (non-hydrogen) atoms. The van der Waals surface area contributed by atoms with Crippen molar-refractivity contribution in [3.05, 3.63) is 71.3 Å². The Kier molecular flexibility index (Phi) is 6.84. The normalized spacial score (nSPS) is 14.9. The predicted molar refractivity (Wildman–Crippen MR) is 114 cm³/mol. The van der Waals surface area contributed by atoms with Crippen molar-refractivity contribution in [1.82, 2.24) is 10.2 Å². The van der Waals surface area contributed by atoms with Crippen LogP contribution < -0.4 is 5.32 Å². The van der Waals surface area contributed by atoms with E-state index in [2.05, 4.69) is 19.2 Å². The van der Waals surface area contributed by atoms with Gasteiger partial charge in [0.1, 0.15) is 6.04 Å². The molecule has 0 spiro atoms. The summed E-state index contributed by atoms with van der Waals surface area (Å²) in [4.78, 5) is 50.8. The molecule has 1 heterocycles. The van der Waals surface area contributed by atoms with E-state index in [0.717, 1.165) is 16.9 Å². The molecule has 1 N–H and O–H groups in total. The maximum atomic E-state index is 12.5. The Hall–Kier alpha value is -3.48. The minimum Gasteiger partial charge on any atom is -0.454 e. The van der Waals surface area contributed by atoms with Gasteiger partial charge >= 0.3 is 5.97 Å². The summed E-state index contributed by atoms with van der Waals surface area (Å²) < 4.78 is 5.12. The number of rotatable bonds is 8. The van der Waals surface area contributed by atoms with Gasteiger partial charge in [-0.05, 0) is 37.0 Å². The molecule has 0 unspecified atom stereocenters. The Bertz CT molecular complexity index is 951. The van der Waals surface area contributed by atoms with Gasteiger partial charge in [0.05, 0.1) is 17.2 Å². The second-order valence-corrected chi connectivity index (χ2v) is 7.97. The van der Waals surface area contributed by atoms with E-state index >= 15 is 0 Å². The first-order valence-corrected chi connectivity index (χ1v) is 10.3. The molecule has 162 valence electrons. The van der Waals surface area contributed by atoms with Crippen LogP contribution in [0.25, 0.3) is 0 Å². The fourth-order valence-corrected chi connectivity index (χ4v) is 3.59. The Labute approximate surface area is 181 Å². The van der Waals surface area contributed by atoms with Crippen molar-refractivity contribution in [2.24, 2.45) is 5.92 Å². The molecule has 0 aromatic heterocycles. The highest BCUT2D eigenvalue weighted by atomic mass is 16.5. The molecular weight excluding hydrogens is 396 g/mol. The van der Waals surface area contributed by atoms with Crippen LogP contribution in [0, 0.1) is 5.92 Å². The molecule has 3 rings (SSSR count). The highest BCUT2D eigenvalue weighted by molar-refractivity contribution is 6.22. The third-order valence-electron chi connectivity index (χ3n) is 5.14. The standard InChI is InChI=1S/C24H26N2O5/c1-15(2)13-20(17-9-5-4-6-10-17)25-21(27)14-31-24(30)16(3)26-22(28)18-11-7-8-12-19(18)23(26)29/h4-12,15-16,20H,13-14H2,1-3H3,(H,25,27)/t16-,20+/m1/s1. The van der Waals surface area contributed by atoms with Gasteiger partial charge < -0.3 is 10.1 Å². The van der Waals surface area contributed by atoms with E-state index in [1.165, 1.54) is 6.92 Å². The lowest BCUT2D eigenvalue weighted by atomic mass is 9.97. The van der Waals surface area contributed by atoms with Crippen LogP contribution in [0.15, 0.2) is 54.6 Å². The molecule has 3 amide bonds. The van der Waals surface area contributed by atoms with Crippen LogP contribution in [0.5, 0.6) is 0 Å². The number of hydrogen-bond acceptors (Lipinski definition) is 5. The molecule has 0 radical (unpaired) electrons. The van der Waals surface area contributed by atoms with E-state index in [4.69, 9.17) is 4.74 Å². The summed E-state index contributed by atoms with van der Waals surface area (Å²) >= 11 is 0. The first-order valence-electron chi connectivity index (χ1n) is 10.3. The average molecular weight is 422 g/mol. The van der Waals surface area contributed by atoms with Crippen molar-refractivity contribution in [2.45, 2.75) is 39.3 Å². The van der Waals surface area contributed by atoms with Gasteiger partial charge in [-0.2, -0.15) is 0 Å². The number of carbonyl (C=O) groups is 4. The lowest BCUT2D eigenvalue weighted by Crippen LogP contribution is -2.44. The Morgan fingerprint density at radius 2 is 1.45 bits per heavy atom. The van der Waals surface area contributed by atoms with E-state index in [0.29, 0.717) is 5.92 Å². The SMILES string of the molecule is CC(C)C[C@H](NC(=O)COC(=O)[C@@H](C)N1C(=O)c2ccccc2C1=O)c1ccccc1. The molecule has 0 fully saturated rings. The minimum atomic E-state index is -1.14. The molecule has 2 aromatic rings. The van der Waals surface area contributed by atoms with Crippen molar-refractivity contribution in [3.8, 4) is 0 Å². The number of benzene rings is 2. The van der Waals surface area contributed by atoms with E-state index < -0.39 is 36.3 Å². The zero-order valence-electron chi connectivity index (χ0n) is 17.8. The van der Waals surface area contributed by atoms with Crippen molar-refractivity contribution in [1.29, 1.82) is 0 Å². The fraction of sp³-hybridized carbons (Fsp3) is 0.333. The molecule has 1 aliphatic heterocycles. The molecule has 0 aliphatic carbocycles. The van der Waals surface area contributed by atoms with Gasteiger partial charge in [-0.1, -0.05) is 56.3 Å². The van der Waals surface area contributed by atoms with Gasteiger partial charge in [0, 0.05) is 0 Å². The average Bonchev–Trinajstić information content (AvgIpc) is 3.01. The second-order valence-electron chi connectivity index (χ2n) is 7.97. The van der Waals surface area contributed by atoms with Gasteiger partial charge in [-0.25, -0.2) is 4.79 Å². The van der Waals surface area contributed by atoms with Crippen molar-refractivity contribution >= 4 is 23.7 Å². The third-order valence-corrected chi connectivity index (χ3v) is 5.14. The van der Waals surface area contributed by atoms with Gasteiger partial charge in [0.15, 0.2) is 6.61 Å². The van der Waals surface area contributed by atoms with Crippen LogP contribution in [0.2, 0.25) is 0 Å². The van der Waals surface area contributed by atoms with Gasteiger partial charge in [-0.15, -0.1) is 0 Å². The molecule has 1 aliphatic rings. The lowest BCUT2D eigenvalue weighted by molar-refractivity contribution is -0.152.